The number of ether oxygens (including phenoxy) is 1. The van der Waals surface area contributed by atoms with Crippen molar-refractivity contribution in [2.24, 2.45) is 0 Å². The third-order valence-corrected chi connectivity index (χ3v) is 1.14. The lowest BCUT2D eigenvalue weighted by Gasteiger charge is -1.99. The fraction of sp³-hybridized carbons (Fsp3) is 0.286. The quantitative estimate of drug-likeness (QED) is 0.620. The number of carbonyl (C=O) groups is 1. The van der Waals surface area contributed by atoms with Gasteiger partial charge in [0.15, 0.2) is 0 Å². The number of aromatic nitrogens is 1. The van der Waals surface area contributed by atoms with Crippen molar-refractivity contribution in [3.8, 4) is 0 Å². The third kappa shape index (κ3) is 1.80. The van der Waals surface area contributed by atoms with Crippen LogP contribution in [0.25, 0.3) is 0 Å². The fourth-order valence-corrected chi connectivity index (χ4v) is 0.682. The Morgan fingerprint density at radius 1 is 1.82 bits per heavy atom. The van der Waals surface area contributed by atoms with Crippen molar-refractivity contribution < 1.29 is 13.9 Å². The van der Waals surface area contributed by atoms with Gasteiger partial charge in [-0.05, 0) is 13.0 Å². The van der Waals surface area contributed by atoms with Crippen molar-refractivity contribution in [1.82, 2.24) is 4.57 Å². The zero-order valence-electron chi connectivity index (χ0n) is 6.08. The van der Waals surface area contributed by atoms with Crippen molar-refractivity contribution in [3.63, 3.8) is 0 Å². The second kappa shape index (κ2) is 3.18. The molecule has 0 aliphatic heterocycles. The SMILES string of the molecule is CCOC(=O)n1ccc(F)c1. The van der Waals surface area contributed by atoms with Crippen molar-refractivity contribution in [3.05, 3.63) is 24.3 Å². The minimum atomic E-state index is -0.559. The number of halogens is 1. The lowest BCUT2D eigenvalue weighted by Crippen LogP contribution is -2.10. The van der Waals surface area contributed by atoms with E-state index in [4.69, 9.17) is 0 Å². The Balaban J connectivity index is 2.69. The highest BCUT2D eigenvalue weighted by Crippen LogP contribution is 1.98. The van der Waals surface area contributed by atoms with Gasteiger partial charge in [0.1, 0.15) is 5.82 Å². The van der Waals surface area contributed by atoms with Crippen LogP contribution in [0.4, 0.5) is 9.18 Å². The van der Waals surface area contributed by atoms with Crippen molar-refractivity contribution in [2.75, 3.05) is 6.61 Å². The number of hydrogen-bond acceptors (Lipinski definition) is 2. The molecule has 1 rings (SSSR count). The molecular weight excluding hydrogens is 149 g/mol. The highest BCUT2D eigenvalue weighted by atomic mass is 19.1. The summed E-state index contributed by atoms with van der Waals surface area (Å²) in [5.41, 5.74) is 0. The van der Waals surface area contributed by atoms with Gasteiger partial charge < -0.3 is 4.74 Å². The first-order valence-electron chi connectivity index (χ1n) is 3.24. The second-order valence-electron chi connectivity index (χ2n) is 1.94. The molecule has 1 aromatic rings. The molecule has 0 saturated carbocycles. The Morgan fingerprint density at radius 3 is 3.00 bits per heavy atom. The first-order chi connectivity index (χ1) is 5.24. The van der Waals surface area contributed by atoms with E-state index >= 15 is 0 Å². The molecule has 0 atom stereocenters. The van der Waals surface area contributed by atoms with E-state index in [1.807, 2.05) is 0 Å². The standard InChI is InChI=1S/C7H8FNO2/c1-2-11-7(10)9-4-3-6(8)5-9/h3-5H,2H2,1H3. The van der Waals surface area contributed by atoms with E-state index < -0.39 is 11.9 Å². The Hall–Kier alpha value is -1.32. The summed E-state index contributed by atoms with van der Waals surface area (Å²) in [7, 11) is 0. The van der Waals surface area contributed by atoms with E-state index in [1.54, 1.807) is 6.92 Å². The molecule has 11 heavy (non-hydrogen) atoms. The molecule has 0 bridgehead atoms. The van der Waals surface area contributed by atoms with Crippen molar-refractivity contribution in [1.29, 1.82) is 0 Å². The van der Waals surface area contributed by atoms with Crippen LogP contribution in [0.5, 0.6) is 0 Å². The van der Waals surface area contributed by atoms with Gasteiger partial charge in [-0.3, -0.25) is 4.57 Å². The molecule has 0 radical (unpaired) electrons. The minimum Gasteiger partial charge on any atom is -0.449 e. The van der Waals surface area contributed by atoms with Crippen LogP contribution in [0, 0.1) is 5.82 Å². The maximum atomic E-state index is 12.3. The van der Waals surface area contributed by atoms with Gasteiger partial charge in [0.2, 0.25) is 0 Å². The number of nitrogens with zero attached hydrogens (tertiary/aromatic N) is 1. The highest BCUT2D eigenvalue weighted by molar-refractivity contribution is 5.70. The second-order valence-corrected chi connectivity index (χ2v) is 1.94. The van der Waals surface area contributed by atoms with Crippen LogP contribution in [0.15, 0.2) is 18.5 Å². The third-order valence-electron chi connectivity index (χ3n) is 1.14. The summed E-state index contributed by atoms with van der Waals surface area (Å²) >= 11 is 0. The van der Waals surface area contributed by atoms with Crippen LogP contribution < -0.4 is 0 Å². The van der Waals surface area contributed by atoms with E-state index in [9.17, 15) is 9.18 Å². The van der Waals surface area contributed by atoms with E-state index in [0.29, 0.717) is 6.61 Å². The molecule has 1 aromatic heterocycles. The van der Waals surface area contributed by atoms with E-state index in [2.05, 4.69) is 4.74 Å². The Morgan fingerprint density at radius 2 is 2.55 bits per heavy atom. The molecule has 0 aliphatic carbocycles. The van der Waals surface area contributed by atoms with Gasteiger partial charge in [-0.15, -0.1) is 0 Å². The maximum absolute atomic E-state index is 12.3. The van der Waals surface area contributed by atoms with Crippen LogP contribution in [-0.2, 0) is 4.74 Å². The molecule has 0 saturated heterocycles. The molecular formula is C7H8FNO2. The van der Waals surface area contributed by atoms with Crippen molar-refractivity contribution >= 4 is 6.09 Å². The number of rotatable bonds is 1. The van der Waals surface area contributed by atoms with Gasteiger partial charge in [0, 0.05) is 6.20 Å². The summed E-state index contributed by atoms with van der Waals surface area (Å²) in [5.74, 6) is -0.446. The number of hydrogen-bond donors (Lipinski definition) is 0. The molecule has 1 heterocycles. The zero-order chi connectivity index (χ0) is 8.27. The molecule has 0 aromatic carbocycles. The lowest BCUT2D eigenvalue weighted by molar-refractivity contribution is 0.154. The summed E-state index contributed by atoms with van der Waals surface area (Å²) in [6.07, 6.45) is 1.82. The maximum Gasteiger partial charge on any atom is 0.418 e. The molecule has 3 nitrogen and oxygen atoms in total. The van der Waals surface area contributed by atoms with Crippen LogP contribution in [0.1, 0.15) is 6.92 Å². The molecule has 0 N–H and O–H groups in total. The smallest absolute Gasteiger partial charge is 0.418 e. The monoisotopic (exact) mass is 157 g/mol. The van der Waals surface area contributed by atoms with Crippen LogP contribution in [-0.4, -0.2) is 17.3 Å². The molecule has 60 valence electrons. The van der Waals surface area contributed by atoms with E-state index in [-0.39, 0.29) is 0 Å². The van der Waals surface area contributed by atoms with E-state index in [0.717, 1.165) is 10.8 Å². The summed E-state index contributed by atoms with van der Waals surface area (Å²) in [6.45, 7) is 1.98. The lowest BCUT2D eigenvalue weighted by atomic mass is 10.6. The minimum absolute atomic E-state index is 0.290. The highest BCUT2D eigenvalue weighted by Gasteiger charge is 2.03. The average molecular weight is 157 g/mol. The largest absolute Gasteiger partial charge is 0.449 e. The summed E-state index contributed by atoms with van der Waals surface area (Å²) in [5, 5.41) is 0. The van der Waals surface area contributed by atoms with Gasteiger partial charge in [0.05, 0.1) is 12.8 Å². The Labute approximate surface area is 63.4 Å². The fourth-order valence-electron chi connectivity index (χ4n) is 0.682. The molecule has 0 unspecified atom stereocenters. The van der Waals surface area contributed by atoms with Crippen LogP contribution in [0.2, 0.25) is 0 Å². The molecule has 0 fully saturated rings. The van der Waals surface area contributed by atoms with Crippen LogP contribution in [0.3, 0.4) is 0 Å². The average Bonchev–Trinajstić information content (AvgIpc) is 2.36. The zero-order valence-corrected chi connectivity index (χ0v) is 6.08. The molecule has 4 heteroatoms. The predicted octanol–water partition coefficient (Wildman–Crippen LogP) is 1.63. The summed E-state index contributed by atoms with van der Waals surface area (Å²) in [4.78, 5) is 10.8. The first-order valence-corrected chi connectivity index (χ1v) is 3.24. The van der Waals surface area contributed by atoms with Gasteiger partial charge >= 0.3 is 6.09 Å². The van der Waals surface area contributed by atoms with Crippen LogP contribution >= 0.6 is 0 Å². The normalized spacial score (nSPS) is 9.64. The van der Waals surface area contributed by atoms with Gasteiger partial charge in [-0.2, -0.15) is 0 Å². The summed E-state index contributed by atoms with van der Waals surface area (Å²) in [6, 6.07) is 1.19. The Kier molecular flexibility index (Phi) is 2.25. The molecule has 0 amide bonds. The predicted molar refractivity (Wildman–Crippen MR) is 36.8 cm³/mol. The molecule has 0 aliphatic rings. The van der Waals surface area contributed by atoms with Gasteiger partial charge in [0.25, 0.3) is 0 Å². The summed E-state index contributed by atoms with van der Waals surface area (Å²) < 4.78 is 18.0. The first kappa shape index (κ1) is 7.78. The molecule has 0 spiro atoms. The van der Waals surface area contributed by atoms with Crippen molar-refractivity contribution in [2.45, 2.75) is 6.92 Å². The topological polar surface area (TPSA) is 31.2 Å². The van der Waals surface area contributed by atoms with Gasteiger partial charge in [-0.25, -0.2) is 9.18 Å². The van der Waals surface area contributed by atoms with E-state index in [1.165, 1.54) is 12.3 Å². The number of carbonyl (C=O) groups excluding carboxylic acids is 1. The van der Waals surface area contributed by atoms with Gasteiger partial charge in [-0.1, -0.05) is 0 Å². The Bertz CT molecular complexity index is 257.